The molecule has 0 aliphatic heterocycles. The summed E-state index contributed by atoms with van der Waals surface area (Å²) in [5.41, 5.74) is 7.68. The van der Waals surface area contributed by atoms with Gasteiger partial charge in [-0.3, -0.25) is 9.59 Å². The quantitative estimate of drug-likeness (QED) is 0.538. The minimum Gasteiger partial charge on any atom is -0.324 e. The number of rotatable bonds is 4. The van der Waals surface area contributed by atoms with Crippen LogP contribution in [0.1, 0.15) is 20.7 Å². The van der Waals surface area contributed by atoms with Crippen molar-refractivity contribution >= 4 is 45.8 Å². The molecule has 2 atom stereocenters. The van der Waals surface area contributed by atoms with Gasteiger partial charge in [0, 0.05) is 31.3 Å². The molecule has 0 fully saturated rings. The maximum Gasteiger partial charge on any atom is 0.192 e. The first-order valence-electron chi connectivity index (χ1n) is 7.71. The van der Waals surface area contributed by atoms with Crippen molar-refractivity contribution in [1.82, 2.24) is 0 Å². The first-order valence-corrected chi connectivity index (χ1v) is 9.17. The van der Waals surface area contributed by atoms with Gasteiger partial charge in [0.15, 0.2) is 11.6 Å². The van der Waals surface area contributed by atoms with Gasteiger partial charge in [-0.05, 0) is 59.0 Å². The molecule has 0 spiro atoms. The molecule has 0 saturated heterocycles. The summed E-state index contributed by atoms with van der Waals surface area (Å²) in [5, 5.41) is 0.568. The predicted molar refractivity (Wildman–Crippen MR) is 108 cm³/mol. The van der Waals surface area contributed by atoms with Gasteiger partial charge in [-0.25, -0.2) is 0 Å². The van der Waals surface area contributed by atoms with Crippen molar-refractivity contribution in [2.24, 2.45) is 11.7 Å². The molecule has 2 aromatic rings. The summed E-state index contributed by atoms with van der Waals surface area (Å²) in [6.45, 7) is 0. The number of hydrogen-bond acceptors (Lipinski definition) is 3. The van der Waals surface area contributed by atoms with Gasteiger partial charge in [0.05, 0.1) is 5.92 Å². The largest absolute Gasteiger partial charge is 0.324 e. The Labute approximate surface area is 164 Å². The molecule has 3 nitrogen and oxygen atoms in total. The van der Waals surface area contributed by atoms with Crippen LogP contribution in [-0.4, -0.2) is 17.6 Å². The first-order chi connectivity index (χ1) is 12.0. The van der Waals surface area contributed by atoms with Crippen molar-refractivity contribution in [2.75, 3.05) is 0 Å². The summed E-state index contributed by atoms with van der Waals surface area (Å²) in [6, 6.07) is 13.6. The smallest absolute Gasteiger partial charge is 0.192 e. The number of allylic oxidation sites excluding steroid dienone is 2. The van der Waals surface area contributed by atoms with Crippen molar-refractivity contribution in [2.45, 2.75) is 6.04 Å². The summed E-state index contributed by atoms with van der Waals surface area (Å²) < 4.78 is 0.977. The van der Waals surface area contributed by atoms with Gasteiger partial charge < -0.3 is 5.73 Å². The third kappa shape index (κ3) is 4.08. The lowest BCUT2D eigenvalue weighted by atomic mass is 9.84. The van der Waals surface area contributed by atoms with Gasteiger partial charge in [0.25, 0.3) is 0 Å². The fourth-order valence-corrected chi connectivity index (χ4v) is 3.37. The number of ketones is 2. The lowest BCUT2D eigenvalue weighted by molar-refractivity contribution is 0.0937. The van der Waals surface area contributed by atoms with E-state index in [1.807, 2.05) is 18.2 Å². The Morgan fingerprint density at radius 3 is 2.44 bits per heavy atom. The van der Waals surface area contributed by atoms with E-state index in [1.54, 1.807) is 48.6 Å². The van der Waals surface area contributed by atoms with Crippen LogP contribution in [0, 0.1) is 9.49 Å². The number of hydrogen-bond donors (Lipinski definition) is 1. The summed E-state index contributed by atoms with van der Waals surface area (Å²) in [5.74, 6) is -0.800. The zero-order chi connectivity index (χ0) is 18.0. The number of Topliss-reactive ketones (excluding diaryl/α,β-unsaturated/α-hetero) is 2. The van der Waals surface area contributed by atoms with Crippen molar-refractivity contribution in [3.63, 3.8) is 0 Å². The molecule has 0 amide bonds. The molecular formula is C20H15ClINO2. The highest BCUT2D eigenvalue weighted by Crippen LogP contribution is 2.24. The van der Waals surface area contributed by atoms with E-state index in [9.17, 15) is 9.59 Å². The third-order valence-electron chi connectivity index (χ3n) is 4.05. The van der Waals surface area contributed by atoms with Crippen LogP contribution in [0.5, 0.6) is 0 Å². The number of nitrogens with two attached hydrogens (primary N) is 1. The Kier molecular flexibility index (Phi) is 5.51. The minimum atomic E-state index is -0.561. The van der Waals surface area contributed by atoms with Crippen LogP contribution in [-0.2, 0) is 0 Å². The standard InChI is InChI=1S/C20H15ClINO2/c21-15-7-4-12(5-8-15)19(24)14-6-9-18(23)17(11-14)20(25)13-2-1-3-16(22)10-13/h1-11,17-18H,23H2. The maximum atomic E-state index is 12.8. The second kappa shape index (κ2) is 7.64. The highest BCUT2D eigenvalue weighted by molar-refractivity contribution is 14.1. The van der Waals surface area contributed by atoms with Gasteiger partial charge in [-0.1, -0.05) is 42.0 Å². The van der Waals surface area contributed by atoms with Crippen LogP contribution < -0.4 is 5.73 Å². The topological polar surface area (TPSA) is 60.2 Å². The van der Waals surface area contributed by atoms with E-state index >= 15 is 0 Å². The van der Waals surface area contributed by atoms with E-state index in [0.29, 0.717) is 21.7 Å². The Bertz CT molecular complexity index is 887. The molecule has 3 rings (SSSR count). The number of carbonyl (C=O) groups is 2. The zero-order valence-corrected chi connectivity index (χ0v) is 16.1. The Morgan fingerprint density at radius 2 is 1.76 bits per heavy atom. The molecule has 0 saturated carbocycles. The summed E-state index contributed by atoms with van der Waals surface area (Å²) in [6.07, 6.45) is 5.06. The molecule has 2 aromatic carbocycles. The van der Waals surface area contributed by atoms with E-state index in [4.69, 9.17) is 17.3 Å². The van der Waals surface area contributed by atoms with E-state index in [1.165, 1.54) is 0 Å². The molecule has 1 aliphatic rings. The Morgan fingerprint density at radius 1 is 1.04 bits per heavy atom. The van der Waals surface area contributed by atoms with Crippen LogP contribution in [0.4, 0.5) is 0 Å². The molecule has 5 heteroatoms. The van der Waals surface area contributed by atoms with Crippen molar-refractivity contribution in [1.29, 1.82) is 0 Å². The minimum absolute atomic E-state index is 0.0863. The predicted octanol–water partition coefficient (Wildman–Crippen LogP) is 4.45. The maximum absolute atomic E-state index is 12.8. The third-order valence-corrected chi connectivity index (χ3v) is 4.98. The molecule has 0 radical (unpaired) electrons. The van der Waals surface area contributed by atoms with Gasteiger partial charge in [-0.2, -0.15) is 0 Å². The monoisotopic (exact) mass is 463 g/mol. The molecule has 25 heavy (non-hydrogen) atoms. The van der Waals surface area contributed by atoms with Crippen LogP contribution in [0.15, 0.2) is 72.3 Å². The van der Waals surface area contributed by atoms with Gasteiger partial charge in [0.2, 0.25) is 0 Å². The number of carbonyl (C=O) groups excluding carboxylic acids is 2. The second-order valence-electron chi connectivity index (χ2n) is 5.79. The molecule has 126 valence electrons. The Balaban J connectivity index is 1.90. The second-order valence-corrected chi connectivity index (χ2v) is 7.48. The molecule has 0 heterocycles. The number of halogens is 2. The lowest BCUT2D eigenvalue weighted by Gasteiger charge is -2.22. The summed E-state index contributed by atoms with van der Waals surface area (Å²) >= 11 is 8.03. The van der Waals surface area contributed by atoms with E-state index < -0.39 is 12.0 Å². The van der Waals surface area contributed by atoms with E-state index in [0.717, 1.165) is 3.57 Å². The fourth-order valence-electron chi connectivity index (χ4n) is 2.70. The van der Waals surface area contributed by atoms with Crippen molar-refractivity contribution in [3.05, 3.63) is 92.1 Å². The van der Waals surface area contributed by atoms with Crippen molar-refractivity contribution < 1.29 is 9.59 Å². The van der Waals surface area contributed by atoms with Crippen LogP contribution >= 0.6 is 34.2 Å². The average Bonchev–Trinajstić information content (AvgIpc) is 2.61. The molecule has 0 bridgehead atoms. The highest BCUT2D eigenvalue weighted by atomic mass is 127. The van der Waals surface area contributed by atoms with E-state index in [-0.39, 0.29) is 11.6 Å². The zero-order valence-electron chi connectivity index (χ0n) is 13.2. The van der Waals surface area contributed by atoms with Crippen molar-refractivity contribution in [3.8, 4) is 0 Å². The molecule has 2 N–H and O–H groups in total. The Hall–Kier alpha value is -1.76. The highest BCUT2D eigenvalue weighted by Gasteiger charge is 2.27. The van der Waals surface area contributed by atoms with Gasteiger partial charge >= 0.3 is 0 Å². The van der Waals surface area contributed by atoms with Gasteiger partial charge in [0.1, 0.15) is 0 Å². The molecule has 2 unspecified atom stereocenters. The average molecular weight is 464 g/mol. The fraction of sp³-hybridized carbons (Fsp3) is 0.100. The molecule has 1 aliphatic carbocycles. The first kappa shape index (κ1) is 18.0. The normalized spacial score (nSPS) is 19.4. The van der Waals surface area contributed by atoms with Crippen LogP contribution in [0.25, 0.3) is 0 Å². The SMILES string of the molecule is NC1C=CC(C(=O)c2ccc(Cl)cc2)=CC1C(=O)c1cccc(I)c1. The van der Waals surface area contributed by atoms with Gasteiger partial charge in [-0.15, -0.1) is 0 Å². The van der Waals surface area contributed by atoms with E-state index in [2.05, 4.69) is 22.6 Å². The number of benzene rings is 2. The summed E-state index contributed by atoms with van der Waals surface area (Å²) in [7, 11) is 0. The lowest BCUT2D eigenvalue weighted by Crippen LogP contribution is -2.35. The molecular weight excluding hydrogens is 449 g/mol. The van der Waals surface area contributed by atoms with Crippen LogP contribution in [0.2, 0.25) is 5.02 Å². The molecule has 0 aromatic heterocycles. The summed E-state index contributed by atoms with van der Waals surface area (Å²) in [4.78, 5) is 25.5. The van der Waals surface area contributed by atoms with Crippen LogP contribution in [0.3, 0.4) is 0 Å².